The Bertz CT molecular complexity index is 1530. The monoisotopic (exact) mass is 606 g/mol. The molecule has 0 saturated carbocycles. The topological polar surface area (TPSA) is 109 Å². The normalized spacial score (nSPS) is 17.0. The molecule has 1 aromatic heterocycles. The van der Waals surface area contributed by atoms with Gasteiger partial charge in [0.15, 0.2) is 23.5 Å². The van der Waals surface area contributed by atoms with Gasteiger partial charge in [0.1, 0.15) is 25.9 Å². The number of aryl methyl sites for hydroxylation is 1. The Kier molecular flexibility index (Phi) is 8.32. The summed E-state index contributed by atoms with van der Waals surface area (Å²) >= 11 is 0. The van der Waals surface area contributed by atoms with Crippen LogP contribution in [0, 0.1) is 5.82 Å². The number of alkyl halides is 3. The van der Waals surface area contributed by atoms with E-state index < -0.39 is 29.6 Å². The quantitative estimate of drug-likeness (QED) is 0.374. The minimum Gasteiger partial charge on any atom is -0.493 e. The van der Waals surface area contributed by atoms with Crippen molar-refractivity contribution in [1.82, 2.24) is 20.2 Å². The lowest BCUT2D eigenvalue weighted by Crippen LogP contribution is -2.38. The maximum atomic E-state index is 15.6. The number of methoxy groups -OCH3 is 1. The molecule has 1 amide bonds. The Morgan fingerprint density at radius 1 is 1.19 bits per heavy atom. The summed E-state index contributed by atoms with van der Waals surface area (Å²) in [6, 6.07) is 5.99. The molecule has 0 fully saturated rings. The minimum absolute atomic E-state index is 0.00448. The molecule has 3 heterocycles. The van der Waals surface area contributed by atoms with E-state index in [1.54, 1.807) is 37.1 Å². The first kappa shape index (κ1) is 29.9. The number of amides is 1. The van der Waals surface area contributed by atoms with Gasteiger partial charge in [-0.05, 0) is 29.8 Å². The lowest BCUT2D eigenvalue weighted by atomic mass is 9.97. The zero-order valence-electron chi connectivity index (χ0n) is 23.8. The first-order chi connectivity index (χ1) is 20.5. The molecule has 230 valence electrons. The largest absolute Gasteiger partial charge is 0.493 e. The summed E-state index contributed by atoms with van der Waals surface area (Å²) in [4.78, 5) is 20.1. The van der Waals surface area contributed by atoms with Crippen LogP contribution in [0.15, 0.2) is 41.5 Å². The molecule has 2 aromatic carbocycles. The Morgan fingerprint density at radius 2 is 1.98 bits per heavy atom. The smallest absolute Gasteiger partial charge is 0.416 e. The number of fused-ring (bicyclic) bond motifs is 1. The van der Waals surface area contributed by atoms with Crippen molar-refractivity contribution in [3.8, 4) is 22.6 Å². The van der Waals surface area contributed by atoms with Crippen LogP contribution in [0.1, 0.15) is 5.56 Å². The molecular formula is C27H30F4N8O4. The van der Waals surface area contributed by atoms with E-state index in [0.717, 1.165) is 18.2 Å². The fourth-order valence-corrected chi connectivity index (χ4v) is 4.77. The number of aromatic nitrogens is 2. The molecule has 0 saturated heterocycles. The van der Waals surface area contributed by atoms with Crippen molar-refractivity contribution < 1.29 is 36.6 Å². The fraction of sp³-hybridized carbons (Fsp3) is 0.370. The summed E-state index contributed by atoms with van der Waals surface area (Å²) in [6.07, 6.45) is -2.18. The van der Waals surface area contributed by atoms with E-state index in [4.69, 9.17) is 14.2 Å². The van der Waals surface area contributed by atoms with Crippen molar-refractivity contribution in [2.45, 2.75) is 12.3 Å². The summed E-state index contributed by atoms with van der Waals surface area (Å²) in [5.41, 5.74) is 2.43. The Labute approximate surface area is 244 Å². The molecule has 0 radical (unpaired) electrons. The van der Waals surface area contributed by atoms with Crippen LogP contribution in [0.2, 0.25) is 0 Å². The van der Waals surface area contributed by atoms with E-state index in [-0.39, 0.29) is 54.9 Å². The predicted molar refractivity (Wildman–Crippen MR) is 150 cm³/mol. The number of hydrazine groups is 1. The Morgan fingerprint density at radius 3 is 2.63 bits per heavy atom. The highest BCUT2D eigenvalue weighted by Gasteiger charge is 2.35. The summed E-state index contributed by atoms with van der Waals surface area (Å²) in [7, 11) is 6.32. The van der Waals surface area contributed by atoms with Crippen LogP contribution in [0.25, 0.3) is 11.1 Å². The highest BCUT2D eigenvalue weighted by Crippen LogP contribution is 2.46. The van der Waals surface area contributed by atoms with E-state index >= 15 is 4.39 Å². The highest BCUT2D eigenvalue weighted by atomic mass is 19.4. The van der Waals surface area contributed by atoms with Crippen molar-refractivity contribution in [2.75, 3.05) is 62.9 Å². The number of nitrogens with zero attached hydrogens (tertiary/aromatic N) is 6. The molecule has 0 aliphatic carbocycles. The Hall–Kier alpha value is -4.57. The maximum absolute atomic E-state index is 15.6. The second-order valence-corrected chi connectivity index (χ2v) is 9.94. The van der Waals surface area contributed by atoms with Crippen LogP contribution in [-0.2, 0) is 22.8 Å². The van der Waals surface area contributed by atoms with Gasteiger partial charge in [0.25, 0.3) is 0 Å². The standard InChI is InChI=1S/C27H30F4N8O4/c1-36-14-42-15-39(11-24(40)35-22-5-6-33-37(22)2)20-10-17(27(29,30)31)9-18(25(20)36)16-7-19(28)26(21(8-16)41-4)43-12-23-32-13-34-38(23)3/h5-10,13,23H,11-12,14-15H2,1-4H3,(H,32,34)(H,35,40). The van der Waals surface area contributed by atoms with Gasteiger partial charge in [-0.3, -0.25) is 14.5 Å². The third kappa shape index (κ3) is 6.29. The lowest BCUT2D eigenvalue weighted by Gasteiger charge is -2.28. The van der Waals surface area contributed by atoms with Crippen LogP contribution >= 0.6 is 0 Å². The lowest BCUT2D eigenvalue weighted by molar-refractivity contribution is -0.137. The number of likely N-dealkylation sites (N-methyl/N-ethyl adjacent to an activating group) is 1. The minimum atomic E-state index is -4.74. The van der Waals surface area contributed by atoms with Gasteiger partial charge in [-0.15, -0.1) is 0 Å². The number of benzene rings is 2. The van der Waals surface area contributed by atoms with Gasteiger partial charge >= 0.3 is 6.18 Å². The number of nitrogens with one attached hydrogen (secondary N) is 2. The molecule has 5 rings (SSSR count). The average molecular weight is 607 g/mol. The molecule has 12 nitrogen and oxygen atoms in total. The number of rotatable bonds is 8. The van der Waals surface area contributed by atoms with Gasteiger partial charge < -0.3 is 34.8 Å². The number of ether oxygens (including phenoxy) is 3. The van der Waals surface area contributed by atoms with E-state index in [2.05, 4.69) is 20.8 Å². The zero-order valence-corrected chi connectivity index (χ0v) is 23.8. The van der Waals surface area contributed by atoms with Gasteiger partial charge in [-0.2, -0.15) is 23.3 Å². The first-order valence-electron chi connectivity index (χ1n) is 13.0. The van der Waals surface area contributed by atoms with Crippen molar-refractivity contribution in [1.29, 1.82) is 0 Å². The van der Waals surface area contributed by atoms with E-state index in [1.807, 2.05) is 0 Å². The third-order valence-corrected chi connectivity index (χ3v) is 6.97. The molecule has 1 unspecified atom stereocenters. The van der Waals surface area contributed by atoms with Crippen LogP contribution < -0.4 is 30.0 Å². The molecule has 3 aromatic rings. The summed E-state index contributed by atoms with van der Waals surface area (Å²) in [6.45, 7) is -0.518. The van der Waals surface area contributed by atoms with Crippen LogP contribution in [0.4, 0.5) is 34.8 Å². The van der Waals surface area contributed by atoms with Gasteiger partial charge in [-0.1, -0.05) is 0 Å². The molecule has 43 heavy (non-hydrogen) atoms. The first-order valence-corrected chi connectivity index (χ1v) is 13.0. The second-order valence-electron chi connectivity index (χ2n) is 9.94. The maximum Gasteiger partial charge on any atom is 0.416 e. The molecule has 2 aliphatic heterocycles. The summed E-state index contributed by atoms with van der Waals surface area (Å²) in [5.74, 6) is -1.14. The van der Waals surface area contributed by atoms with Gasteiger partial charge in [0, 0.05) is 32.8 Å². The number of hydrogen-bond donors (Lipinski definition) is 2. The Balaban J connectivity index is 1.56. The van der Waals surface area contributed by atoms with Crippen LogP contribution in [0.3, 0.4) is 0 Å². The van der Waals surface area contributed by atoms with Gasteiger partial charge in [-0.25, -0.2) is 4.39 Å². The van der Waals surface area contributed by atoms with Crippen molar-refractivity contribution in [2.24, 2.45) is 12.0 Å². The van der Waals surface area contributed by atoms with Crippen LogP contribution in [-0.4, -0.2) is 81.0 Å². The zero-order chi connectivity index (χ0) is 30.9. The molecule has 2 N–H and O–H groups in total. The highest BCUT2D eigenvalue weighted by molar-refractivity contribution is 5.96. The van der Waals surface area contributed by atoms with Crippen molar-refractivity contribution in [3.63, 3.8) is 0 Å². The average Bonchev–Trinajstić information content (AvgIpc) is 3.52. The van der Waals surface area contributed by atoms with Crippen molar-refractivity contribution >= 4 is 29.4 Å². The van der Waals surface area contributed by atoms with Gasteiger partial charge in [0.05, 0.1) is 43.1 Å². The van der Waals surface area contributed by atoms with E-state index in [9.17, 15) is 18.0 Å². The molecule has 16 heteroatoms. The molecule has 2 aliphatic rings. The van der Waals surface area contributed by atoms with E-state index in [1.165, 1.54) is 35.3 Å². The second kappa shape index (κ2) is 12.0. The van der Waals surface area contributed by atoms with Crippen LogP contribution in [0.5, 0.6) is 11.5 Å². The molecular weight excluding hydrogens is 576 g/mol. The fourth-order valence-electron chi connectivity index (χ4n) is 4.77. The number of carbonyl (C=O) groups excluding carboxylic acids is 1. The molecule has 1 atom stereocenters. The molecule has 0 spiro atoms. The number of anilines is 3. The summed E-state index contributed by atoms with van der Waals surface area (Å²) in [5, 5.41) is 8.35. The van der Waals surface area contributed by atoms with Crippen molar-refractivity contribution in [3.05, 3.63) is 47.9 Å². The number of hydrogen-bond acceptors (Lipinski definition) is 10. The SMILES string of the molecule is COc1cc(-c2cc(C(F)(F)F)cc3c2N(C)COCN3CC(=O)Nc2ccnn2C)cc(F)c1OCC1N=CNN1C. The molecule has 0 bridgehead atoms. The summed E-state index contributed by atoms with van der Waals surface area (Å²) < 4.78 is 76.4. The number of carbonyl (C=O) groups is 1. The van der Waals surface area contributed by atoms with Gasteiger partial charge in [0.2, 0.25) is 5.91 Å². The number of aliphatic imine (C=N–C) groups is 1. The van der Waals surface area contributed by atoms with E-state index in [0.29, 0.717) is 11.5 Å². The third-order valence-electron chi connectivity index (χ3n) is 6.97. The predicted octanol–water partition coefficient (Wildman–Crippen LogP) is 3.26. The number of halogens is 4.